The predicted octanol–water partition coefficient (Wildman–Crippen LogP) is 11.2. The van der Waals surface area contributed by atoms with Gasteiger partial charge in [0.2, 0.25) is 0 Å². The molecule has 1 unspecified atom stereocenters. The largest absolute Gasteiger partial charge is 0.359 e. The Hall–Kier alpha value is -0.660. The zero-order valence-electron chi connectivity index (χ0n) is 24.7. The van der Waals surface area contributed by atoms with Gasteiger partial charge in [0.25, 0.3) is 0 Å². The monoisotopic (exact) mass is 491 g/mol. The molecule has 1 aliphatic heterocycles. The third-order valence-corrected chi connectivity index (χ3v) is 8.18. The third kappa shape index (κ3) is 19.2. The van der Waals surface area contributed by atoms with Crippen LogP contribution in [0.1, 0.15) is 181 Å². The second kappa shape index (κ2) is 25.0. The van der Waals surface area contributed by atoms with Gasteiger partial charge in [-0.05, 0) is 19.3 Å². The summed E-state index contributed by atoms with van der Waals surface area (Å²) < 4.78 is 0. The number of nitrogens with zero attached hydrogens (tertiary/aromatic N) is 2. The minimum atomic E-state index is 0.621. The quantitative estimate of drug-likeness (QED) is 0.106. The van der Waals surface area contributed by atoms with E-state index in [4.69, 9.17) is 0 Å². The van der Waals surface area contributed by atoms with E-state index in [-0.39, 0.29) is 0 Å². The van der Waals surface area contributed by atoms with Gasteiger partial charge in [0, 0.05) is 26.0 Å². The molecular weight excluding hydrogens is 424 g/mol. The number of unbranched alkanes of at least 4 members (excludes halogenated alkanes) is 23. The maximum absolute atomic E-state index is 2.62. The lowest BCUT2D eigenvalue weighted by molar-refractivity contribution is 0.159. The van der Waals surface area contributed by atoms with Gasteiger partial charge in [-0.1, -0.05) is 162 Å². The summed E-state index contributed by atoms with van der Waals surface area (Å²) in [5.41, 5.74) is 0. The van der Waals surface area contributed by atoms with E-state index in [0.29, 0.717) is 6.17 Å². The van der Waals surface area contributed by atoms with Crippen LogP contribution in [0.3, 0.4) is 0 Å². The molecule has 0 N–H and O–H groups in total. The van der Waals surface area contributed by atoms with Crippen LogP contribution in [0.2, 0.25) is 0 Å². The van der Waals surface area contributed by atoms with E-state index in [1.807, 2.05) is 0 Å². The van der Waals surface area contributed by atoms with Crippen LogP contribution in [0.15, 0.2) is 12.4 Å². The normalized spacial score (nSPS) is 15.6. The van der Waals surface area contributed by atoms with Crippen LogP contribution in [-0.2, 0) is 0 Å². The van der Waals surface area contributed by atoms with Gasteiger partial charge in [-0.2, -0.15) is 0 Å². The Bertz CT molecular complexity index is 446. The lowest BCUT2D eigenvalue weighted by atomic mass is 10.0. The van der Waals surface area contributed by atoms with E-state index in [1.165, 1.54) is 173 Å². The van der Waals surface area contributed by atoms with Crippen LogP contribution >= 0.6 is 0 Å². The molecule has 0 saturated carbocycles. The van der Waals surface area contributed by atoms with Crippen molar-refractivity contribution < 1.29 is 0 Å². The smallest absolute Gasteiger partial charge is 0.100 e. The number of rotatable bonds is 27. The topological polar surface area (TPSA) is 6.48 Å². The highest BCUT2D eigenvalue weighted by Gasteiger charge is 2.22. The van der Waals surface area contributed by atoms with Crippen molar-refractivity contribution in [2.45, 2.75) is 187 Å². The van der Waals surface area contributed by atoms with Crippen molar-refractivity contribution in [1.82, 2.24) is 9.80 Å². The van der Waals surface area contributed by atoms with E-state index in [2.05, 4.69) is 43.1 Å². The summed E-state index contributed by atoms with van der Waals surface area (Å²) in [5.74, 6) is 0. The minimum absolute atomic E-state index is 0.621. The highest BCUT2D eigenvalue weighted by atomic mass is 15.4. The van der Waals surface area contributed by atoms with Crippen LogP contribution in [0.4, 0.5) is 0 Å². The average molecular weight is 491 g/mol. The Morgan fingerprint density at radius 1 is 0.429 bits per heavy atom. The molecule has 0 amide bonds. The Kier molecular flexibility index (Phi) is 23.1. The molecule has 0 spiro atoms. The summed E-state index contributed by atoms with van der Waals surface area (Å²) in [6.07, 6.45) is 42.6. The summed E-state index contributed by atoms with van der Waals surface area (Å²) in [6.45, 7) is 5.86. The zero-order chi connectivity index (χ0) is 25.2. The predicted molar refractivity (Wildman–Crippen MR) is 159 cm³/mol. The van der Waals surface area contributed by atoms with Crippen molar-refractivity contribution in [1.29, 1.82) is 0 Å². The molecule has 1 atom stereocenters. The second-order valence-corrected chi connectivity index (χ2v) is 11.6. The summed E-state index contributed by atoms with van der Waals surface area (Å²) in [6, 6.07) is 0. The summed E-state index contributed by atoms with van der Waals surface area (Å²) in [7, 11) is 2.27. The molecule has 0 aromatic carbocycles. The first-order chi connectivity index (χ1) is 17.3. The van der Waals surface area contributed by atoms with Crippen molar-refractivity contribution in [3.8, 4) is 0 Å². The van der Waals surface area contributed by atoms with E-state index in [9.17, 15) is 0 Å². The van der Waals surface area contributed by atoms with Gasteiger partial charge in [0.05, 0.1) is 0 Å². The fourth-order valence-electron chi connectivity index (χ4n) is 5.70. The molecule has 1 rings (SSSR count). The van der Waals surface area contributed by atoms with Crippen LogP contribution < -0.4 is 0 Å². The molecule has 0 aromatic heterocycles. The van der Waals surface area contributed by atoms with Crippen molar-refractivity contribution in [2.75, 3.05) is 13.6 Å². The fourth-order valence-corrected chi connectivity index (χ4v) is 5.70. The lowest BCUT2D eigenvalue weighted by Crippen LogP contribution is -2.37. The molecule has 0 saturated heterocycles. The van der Waals surface area contributed by atoms with E-state index in [1.54, 1.807) is 0 Å². The van der Waals surface area contributed by atoms with Crippen LogP contribution in [0.25, 0.3) is 0 Å². The highest BCUT2D eigenvalue weighted by molar-refractivity contribution is 4.95. The Morgan fingerprint density at radius 3 is 1.17 bits per heavy atom. The van der Waals surface area contributed by atoms with Crippen molar-refractivity contribution in [3.63, 3.8) is 0 Å². The summed E-state index contributed by atoms with van der Waals surface area (Å²) >= 11 is 0. The highest BCUT2D eigenvalue weighted by Crippen LogP contribution is 2.22. The molecular formula is C33H66N2. The first-order valence-electron chi connectivity index (χ1n) is 16.5. The van der Waals surface area contributed by atoms with Gasteiger partial charge in [0.1, 0.15) is 6.17 Å². The van der Waals surface area contributed by atoms with Gasteiger partial charge in [0.15, 0.2) is 0 Å². The average Bonchev–Trinajstić information content (AvgIpc) is 3.21. The molecule has 2 nitrogen and oxygen atoms in total. The molecule has 0 bridgehead atoms. The van der Waals surface area contributed by atoms with E-state index < -0.39 is 0 Å². The molecule has 208 valence electrons. The van der Waals surface area contributed by atoms with Crippen molar-refractivity contribution >= 4 is 0 Å². The van der Waals surface area contributed by atoms with Gasteiger partial charge < -0.3 is 9.80 Å². The van der Waals surface area contributed by atoms with Crippen molar-refractivity contribution in [2.24, 2.45) is 0 Å². The maximum atomic E-state index is 2.62. The van der Waals surface area contributed by atoms with Gasteiger partial charge in [-0.3, -0.25) is 0 Å². The molecule has 0 aromatic rings. The molecule has 0 radical (unpaired) electrons. The first-order valence-corrected chi connectivity index (χ1v) is 16.5. The van der Waals surface area contributed by atoms with Gasteiger partial charge in [-0.15, -0.1) is 0 Å². The Balaban J connectivity index is 1.90. The maximum Gasteiger partial charge on any atom is 0.100 e. The molecule has 1 aliphatic rings. The van der Waals surface area contributed by atoms with Gasteiger partial charge in [-0.25, -0.2) is 0 Å². The van der Waals surface area contributed by atoms with Crippen LogP contribution in [0, 0.1) is 0 Å². The second-order valence-electron chi connectivity index (χ2n) is 11.6. The van der Waals surface area contributed by atoms with Crippen LogP contribution in [-0.4, -0.2) is 29.6 Å². The standard InChI is InChI=1S/C33H66N2/c1-4-6-8-10-12-14-16-18-20-22-24-26-28-30-35-32-31-34(3)33(35)29-27-25-23-21-19-17-15-13-11-9-7-5-2/h31-33H,4-30H2,1-3H3. The Labute approximate surface area is 222 Å². The van der Waals surface area contributed by atoms with E-state index in [0.717, 1.165) is 0 Å². The molecule has 2 heteroatoms. The molecule has 1 heterocycles. The first kappa shape index (κ1) is 32.4. The number of hydrogen-bond acceptors (Lipinski definition) is 2. The van der Waals surface area contributed by atoms with E-state index >= 15 is 0 Å². The Morgan fingerprint density at radius 2 is 0.771 bits per heavy atom. The SMILES string of the molecule is CCCCCCCCCCCCCCCN1C=CN(C)C1CCCCCCCCCCCCCC. The minimum Gasteiger partial charge on any atom is -0.359 e. The summed E-state index contributed by atoms with van der Waals surface area (Å²) in [5, 5.41) is 0. The third-order valence-electron chi connectivity index (χ3n) is 8.18. The fraction of sp³-hybridized carbons (Fsp3) is 0.939. The summed E-state index contributed by atoms with van der Waals surface area (Å²) in [4.78, 5) is 5.07. The molecule has 0 fully saturated rings. The zero-order valence-corrected chi connectivity index (χ0v) is 24.7. The molecule has 0 aliphatic carbocycles. The van der Waals surface area contributed by atoms with Crippen molar-refractivity contribution in [3.05, 3.63) is 12.4 Å². The number of hydrogen-bond donors (Lipinski definition) is 0. The molecule has 35 heavy (non-hydrogen) atoms. The van der Waals surface area contributed by atoms with Gasteiger partial charge >= 0.3 is 0 Å². The van der Waals surface area contributed by atoms with Crippen LogP contribution in [0.5, 0.6) is 0 Å². The lowest BCUT2D eigenvalue weighted by Gasteiger charge is -2.30.